The van der Waals surface area contributed by atoms with E-state index >= 15 is 0 Å². The number of piperidine rings is 2. The minimum Gasteiger partial charge on any atom is -0.341 e. The number of nitrogens with zero attached hydrogens (tertiary/aromatic N) is 8. The van der Waals surface area contributed by atoms with E-state index in [9.17, 15) is 0 Å². The lowest BCUT2D eigenvalue weighted by Crippen LogP contribution is -2.34. The van der Waals surface area contributed by atoms with Gasteiger partial charge in [0.2, 0.25) is 17.8 Å². The van der Waals surface area contributed by atoms with Crippen molar-refractivity contribution in [3.8, 4) is 5.69 Å². The van der Waals surface area contributed by atoms with E-state index in [-0.39, 0.29) is 0 Å². The molecule has 1 N–H and O–H groups in total. The average molecular weight is 480 g/mol. The Bertz CT molecular complexity index is 1100. The maximum atomic E-state index is 6.63. The van der Waals surface area contributed by atoms with Crippen LogP contribution >= 0.6 is 11.6 Å². The Kier molecular flexibility index (Phi) is 6.89. The van der Waals surface area contributed by atoms with Crippen LogP contribution in [0.3, 0.4) is 0 Å². The Hall–Kier alpha value is -3.20. The molecule has 34 heavy (non-hydrogen) atoms. The van der Waals surface area contributed by atoms with Gasteiger partial charge in [-0.3, -0.25) is 0 Å². The molecule has 2 aliphatic heterocycles. The largest absolute Gasteiger partial charge is 0.341 e. The van der Waals surface area contributed by atoms with Crippen molar-refractivity contribution in [1.82, 2.24) is 24.7 Å². The molecule has 0 spiro atoms. The molecular formula is C24H30ClN9. The van der Waals surface area contributed by atoms with E-state index in [4.69, 9.17) is 16.6 Å². The van der Waals surface area contributed by atoms with Gasteiger partial charge in [-0.05, 0) is 57.6 Å². The minimum absolute atomic E-state index is 0.441. The summed E-state index contributed by atoms with van der Waals surface area (Å²) in [6.07, 6.45) is 8.84. The first-order chi connectivity index (χ1) is 16.7. The molecule has 1 aromatic carbocycles. The van der Waals surface area contributed by atoms with Crippen LogP contribution in [-0.2, 0) is 0 Å². The van der Waals surface area contributed by atoms with Crippen molar-refractivity contribution in [1.29, 1.82) is 0 Å². The Morgan fingerprint density at radius 1 is 0.853 bits per heavy atom. The molecule has 9 nitrogen and oxygen atoms in total. The van der Waals surface area contributed by atoms with Gasteiger partial charge in [0.15, 0.2) is 0 Å². The molecule has 2 aliphatic rings. The third-order valence-corrected chi connectivity index (χ3v) is 6.66. The second-order valence-electron chi connectivity index (χ2n) is 8.76. The minimum atomic E-state index is 0.441. The van der Waals surface area contributed by atoms with Crippen LogP contribution in [0.2, 0.25) is 5.15 Å². The zero-order chi connectivity index (χ0) is 23.3. The summed E-state index contributed by atoms with van der Waals surface area (Å²) in [6, 6.07) is 9.81. The summed E-state index contributed by atoms with van der Waals surface area (Å²) < 4.78 is 1.71. The molecular weight excluding hydrogens is 450 g/mol. The van der Waals surface area contributed by atoms with Crippen molar-refractivity contribution in [3.63, 3.8) is 0 Å². The molecule has 0 aliphatic carbocycles. The van der Waals surface area contributed by atoms with Gasteiger partial charge in [-0.2, -0.15) is 25.2 Å². The number of anilines is 3. The quantitative estimate of drug-likeness (QED) is 0.413. The molecule has 0 atom stereocenters. The summed E-state index contributed by atoms with van der Waals surface area (Å²) in [7, 11) is 0. The number of aryl methyl sites for hydroxylation is 1. The highest BCUT2D eigenvalue weighted by Gasteiger charge is 2.20. The number of benzene rings is 1. The summed E-state index contributed by atoms with van der Waals surface area (Å²) in [5, 5.41) is 9.49. The number of hydrogen-bond donors (Lipinski definition) is 1. The van der Waals surface area contributed by atoms with Gasteiger partial charge < -0.3 is 9.80 Å². The molecule has 0 unspecified atom stereocenters. The maximum absolute atomic E-state index is 6.63. The zero-order valence-electron chi connectivity index (χ0n) is 19.5. The van der Waals surface area contributed by atoms with Crippen LogP contribution in [0.5, 0.6) is 0 Å². The molecule has 0 amide bonds. The molecule has 4 heterocycles. The predicted molar refractivity (Wildman–Crippen MR) is 136 cm³/mol. The van der Waals surface area contributed by atoms with Gasteiger partial charge in [0.25, 0.3) is 0 Å². The lowest BCUT2D eigenvalue weighted by Gasteiger charge is -2.30. The third-order valence-electron chi connectivity index (χ3n) is 6.30. The van der Waals surface area contributed by atoms with Crippen LogP contribution in [0.4, 0.5) is 17.8 Å². The zero-order valence-corrected chi connectivity index (χ0v) is 20.2. The second-order valence-corrected chi connectivity index (χ2v) is 9.12. The highest BCUT2D eigenvalue weighted by atomic mass is 35.5. The summed E-state index contributed by atoms with van der Waals surface area (Å²) in [5.41, 5.74) is 5.45. The van der Waals surface area contributed by atoms with E-state index in [0.29, 0.717) is 11.1 Å². The molecule has 3 aromatic rings. The van der Waals surface area contributed by atoms with E-state index < -0.39 is 0 Å². The number of halogens is 1. The van der Waals surface area contributed by atoms with Gasteiger partial charge in [-0.1, -0.05) is 29.8 Å². The van der Waals surface area contributed by atoms with Crippen molar-refractivity contribution in [2.24, 2.45) is 5.10 Å². The average Bonchev–Trinajstić information content (AvgIpc) is 3.18. The normalized spacial score (nSPS) is 16.9. The Morgan fingerprint density at radius 3 is 2.03 bits per heavy atom. The lowest BCUT2D eigenvalue weighted by molar-refractivity contribution is 0.556. The second kappa shape index (κ2) is 10.4. The molecule has 10 heteroatoms. The fourth-order valence-electron chi connectivity index (χ4n) is 4.43. The van der Waals surface area contributed by atoms with Gasteiger partial charge in [0.05, 0.1) is 23.2 Å². The number of rotatable bonds is 6. The topological polar surface area (TPSA) is 87.4 Å². The lowest BCUT2D eigenvalue weighted by atomic mass is 10.1. The highest BCUT2D eigenvalue weighted by molar-refractivity contribution is 6.32. The summed E-state index contributed by atoms with van der Waals surface area (Å²) in [6.45, 7) is 5.80. The summed E-state index contributed by atoms with van der Waals surface area (Å²) in [5.74, 6) is 1.88. The van der Waals surface area contributed by atoms with Crippen molar-refractivity contribution < 1.29 is 0 Å². The molecule has 5 rings (SSSR count). The van der Waals surface area contributed by atoms with Crippen molar-refractivity contribution in [3.05, 3.63) is 46.7 Å². The number of hydrogen-bond acceptors (Lipinski definition) is 8. The van der Waals surface area contributed by atoms with E-state index in [0.717, 1.165) is 80.7 Å². The van der Waals surface area contributed by atoms with Crippen LogP contribution in [-0.4, -0.2) is 57.1 Å². The van der Waals surface area contributed by atoms with Crippen LogP contribution < -0.4 is 15.2 Å². The number of para-hydroxylation sites is 1. The number of nitrogens with one attached hydrogen (secondary N) is 1. The Morgan fingerprint density at radius 2 is 1.44 bits per heavy atom. The van der Waals surface area contributed by atoms with E-state index in [1.54, 1.807) is 10.9 Å². The molecule has 2 aromatic heterocycles. The van der Waals surface area contributed by atoms with Gasteiger partial charge in [0, 0.05) is 26.2 Å². The third kappa shape index (κ3) is 4.99. The van der Waals surface area contributed by atoms with Gasteiger partial charge in [-0.25, -0.2) is 10.1 Å². The Labute approximate surface area is 204 Å². The van der Waals surface area contributed by atoms with Crippen LogP contribution in [0, 0.1) is 6.92 Å². The monoisotopic (exact) mass is 479 g/mol. The van der Waals surface area contributed by atoms with Crippen molar-refractivity contribution >= 4 is 35.7 Å². The van der Waals surface area contributed by atoms with E-state index in [2.05, 4.69) is 35.4 Å². The van der Waals surface area contributed by atoms with Crippen LogP contribution in [0.1, 0.15) is 49.8 Å². The van der Waals surface area contributed by atoms with Crippen molar-refractivity contribution in [2.75, 3.05) is 41.4 Å². The molecule has 0 bridgehead atoms. The summed E-state index contributed by atoms with van der Waals surface area (Å²) in [4.78, 5) is 18.7. The predicted octanol–water partition coefficient (Wildman–Crippen LogP) is 4.45. The smallest absolute Gasteiger partial charge is 0.250 e. The van der Waals surface area contributed by atoms with Gasteiger partial charge in [0.1, 0.15) is 5.15 Å². The number of hydrazone groups is 1. The molecule has 0 saturated carbocycles. The van der Waals surface area contributed by atoms with E-state index in [1.807, 2.05) is 37.3 Å². The Balaban J connectivity index is 1.39. The first-order valence-electron chi connectivity index (χ1n) is 12.0. The van der Waals surface area contributed by atoms with Crippen LogP contribution in [0.25, 0.3) is 5.69 Å². The standard InChI is InChI=1S/C24H30ClN9/c1-18-20(21(25)34(31-18)19-11-5-2-6-12-19)17-26-30-22-27-23(32-13-7-3-8-14-32)29-24(28-22)33-15-9-4-10-16-33/h2,5-6,11-12,17H,3-4,7-10,13-16H2,1H3,(H,27,28,29,30)/b26-17+. The molecule has 178 valence electrons. The first kappa shape index (κ1) is 22.6. The SMILES string of the molecule is Cc1nn(-c2ccccc2)c(Cl)c1/C=N/Nc1nc(N2CCCCC2)nc(N2CCCCC2)n1. The van der Waals surface area contributed by atoms with Crippen molar-refractivity contribution in [2.45, 2.75) is 45.4 Å². The highest BCUT2D eigenvalue weighted by Crippen LogP contribution is 2.24. The molecule has 2 saturated heterocycles. The van der Waals surface area contributed by atoms with Gasteiger partial charge >= 0.3 is 0 Å². The summed E-state index contributed by atoms with van der Waals surface area (Å²) >= 11 is 6.63. The fraction of sp³-hybridized carbons (Fsp3) is 0.458. The van der Waals surface area contributed by atoms with Gasteiger partial charge in [-0.15, -0.1) is 0 Å². The maximum Gasteiger partial charge on any atom is 0.250 e. The molecule has 2 fully saturated rings. The first-order valence-corrected chi connectivity index (χ1v) is 12.4. The molecule has 0 radical (unpaired) electrons. The fourth-order valence-corrected chi connectivity index (χ4v) is 4.75. The van der Waals surface area contributed by atoms with Crippen LogP contribution in [0.15, 0.2) is 35.4 Å². The van der Waals surface area contributed by atoms with E-state index in [1.165, 1.54) is 12.8 Å². The number of aromatic nitrogens is 5.